The number of fused-ring (bicyclic) bond motifs is 3. The number of carboxylic acid groups (broad SMARTS) is 1. The summed E-state index contributed by atoms with van der Waals surface area (Å²) in [4.78, 5) is 27.1. The summed E-state index contributed by atoms with van der Waals surface area (Å²) < 4.78 is 40.8. The minimum absolute atomic E-state index is 0.0573. The van der Waals surface area contributed by atoms with Crippen LogP contribution in [-0.2, 0) is 33.4 Å². The van der Waals surface area contributed by atoms with Crippen molar-refractivity contribution in [1.82, 2.24) is 4.90 Å². The van der Waals surface area contributed by atoms with E-state index in [2.05, 4.69) is 0 Å². The van der Waals surface area contributed by atoms with Crippen molar-refractivity contribution in [2.24, 2.45) is 11.8 Å². The Kier molecular flexibility index (Phi) is 7.25. The molecule has 0 aromatic heterocycles. The van der Waals surface area contributed by atoms with Crippen LogP contribution in [0.15, 0.2) is 42.5 Å². The van der Waals surface area contributed by atoms with Crippen LogP contribution in [0, 0.1) is 11.8 Å². The summed E-state index contributed by atoms with van der Waals surface area (Å²) in [5.74, 6) is -1.36. The van der Waals surface area contributed by atoms with Crippen LogP contribution in [0.2, 0.25) is 5.02 Å². The number of hydrogen-bond donors (Lipinski definition) is 2. The SMILES string of the molecule is CC(O)(c1ccc2c(c1)CCC1N(C(=O)[C@H]3CC[C@H](C(=O)O)CC3)CCC21Cc1ccc(Cl)cc1)C(F)(F)F. The Labute approximate surface area is 231 Å². The van der Waals surface area contributed by atoms with Crippen LogP contribution < -0.4 is 0 Å². The molecule has 210 valence electrons. The lowest BCUT2D eigenvalue weighted by Crippen LogP contribution is -2.51. The number of carboxylic acids is 1. The first-order chi connectivity index (χ1) is 18.3. The number of likely N-dealkylation sites (tertiary alicyclic amines) is 1. The third-order valence-electron chi connectivity index (χ3n) is 9.40. The number of carbonyl (C=O) groups excluding carboxylic acids is 1. The van der Waals surface area contributed by atoms with Crippen LogP contribution in [0.5, 0.6) is 0 Å². The topological polar surface area (TPSA) is 77.8 Å². The molecule has 2 aromatic rings. The van der Waals surface area contributed by atoms with Gasteiger partial charge in [-0.05, 0) is 92.7 Å². The molecule has 3 unspecified atom stereocenters. The van der Waals surface area contributed by atoms with E-state index in [1.165, 1.54) is 12.1 Å². The number of nitrogens with zero attached hydrogens (tertiary/aromatic N) is 1. The fourth-order valence-corrected chi connectivity index (χ4v) is 7.21. The molecule has 1 saturated carbocycles. The van der Waals surface area contributed by atoms with E-state index in [0.29, 0.717) is 62.9 Å². The maximum absolute atomic E-state index is 13.8. The van der Waals surface area contributed by atoms with Crippen LogP contribution in [0.1, 0.15) is 67.7 Å². The smallest absolute Gasteiger partial charge is 0.421 e. The zero-order valence-electron chi connectivity index (χ0n) is 21.8. The predicted octanol–water partition coefficient (Wildman–Crippen LogP) is 6.03. The number of hydrogen-bond acceptors (Lipinski definition) is 3. The summed E-state index contributed by atoms with van der Waals surface area (Å²) in [5.41, 5.74) is -0.902. The lowest BCUT2D eigenvalue weighted by molar-refractivity contribution is -0.258. The van der Waals surface area contributed by atoms with Gasteiger partial charge < -0.3 is 15.1 Å². The number of aliphatic carboxylic acids is 1. The van der Waals surface area contributed by atoms with E-state index < -0.39 is 29.1 Å². The van der Waals surface area contributed by atoms with Crippen molar-refractivity contribution in [1.29, 1.82) is 0 Å². The molecule has 2 N–H and O–H groups in total. The van der Waals surface area contributed by atoms with Gasteiger partial charge in [0.2, 0.25) is 5.91 Å². The van der Waals surface area contributed by atoms with E-state index in [0.717, 1.165) is 23.6 Å². The van der Waals surface area contributed by atoms with Crippen molar-refractivity contribution in [2.75, 3.05) is 6.54 Å². The Morgan fingerprint density at radius 2 is 1.67 bits per heavy atom. The largest absolute Gasteiger partial charge is 0.481 e. The first kappa shape index (κ1) is 28.0. The Morgan fingerprint density at radius 3 is 2.28 bits per heavy atom. The van der Waals surface area contributed by atoms with Gasteiger partial charge in [0.25, 0.3) is 0 Å². The highest BCUT2D eigenvalue weighted by molar-refractivity contribution is 6.30. The summed E-state index contributed by atoms with van der Waals surface area (Å²) in [6.45, 7) is 1.32. The van der Waals surface area contributed by atoms with Crippen molar-refractivity contribution < 1.29 is 33.0 Å². The summed E-state index contributed by atoms with van der Waals surface area (Å²) >= 11 is 6.12. The molecular weight excluding hydrogens is 531 g/mol. The maximum atomic E-state index is 13.8. The van der Waals surface area contributed by atoms with Gasteiger partial charge >= 0.3 is 12.1 Å². The normalized spacial score (nSPS) is 28.4. The summed E-state index contributed by atoms with van der Waals surface area (Å²) in [7, 11) is 0. The number of aliphatic hydroxyl groups is 1. The molecule has 9 heteroatoms. The third kappa shape index (κ3) is 4.95. The Balaban J connectivity index is 1.49. The number of amides is 1. The second-order valence-electron chi connectivity index (χ2n) is 11.6. The van der Waals surface area contributed by atoms with Crippen LogP contribution in [0.4, 0.5) is 13.2 Å². The molecule has 5 nitrogen and oxygen atoms in total. The standard InChI is InChI=1S/C30H33ClF3NO4/c1-28(39,30(32,33)34)22-9-12-24-21(16-22)8-13-25-29(24,17-18-2-10-23(31)11-3-18)14-15-35(25)26(36)19-4-6-20(7-5-19)27(37)38/h2-3,9-12,16,19-20,25,39H,4-8,13-15,17H2,1H3,(H,37,38)/t19-,20-,25?,28?,29?. The fourth-order valence-electron chi connectivity index (χ4n) is 7.09. The van der Waals surface area contributed by atoms with E-state index in [-0.39, 0.29) is 23.4 Å². The Hall–Kier alpha value is -2.58. The molecule has 1 aliphatic heterocycles. The number of rotatable bonds is 5. The molecule has 5 rings (SSSR count). The Morgan fingerprint density at radius 1 is 1.03 bits per heavy atom. The van der Waals surface area contributed by atoms with Crippen LogP contribution >= 0.6 is 11.6 Å². The zero-order valence-corrected chi connectivity index (χ0v) is 22.6. The number of halogens is 4. The van der Waals surface area contributed by atoms with E-state index in [4.69, 9.17) is 11.6 Å². The van der Waals surface area contributed by atoms with Crippen molar-refractivity contribution in [2.45, 2.75) is 81.5 Å². The van der Waals surface area contributed by atoms with E-state index in [1.54, 1.807) is 6.07 Å². The minimum atomic E-state index is -4.81. The van der Waals surface area contributed by atoms with E-state index >= 15 is 0 Å². The molecule has 3 atom stereocenters. The quantitative estimate of drug-likeness (QED) is 0.466. The van der Waals surface area contributed by atoms with Gasteiger partial charge in [-0.15, -0.1) is 0 Å². The van der Waals surface area contributed by atoms with Crippen molar-refractivity contribution in [3.05, 3.63) is 69.7 Å². The summed E-state index contributed by atoms with van der Waals surface area (Å²) in [6, 6.07) is 12.0. The molecule has 1 saturated heterocycles. The van der Waals surface area contributed by atoms with Gasteiger partial charge in [0, 0.05) is 28.9 Å². The van der Waals surface area contributed by atoms with Crippen molar-refractivity contribution >= 4 is 23.5 Å². The summed E-state index contributed by atoms with van der Waals surface area (Å²) in [6.07, 6.45) is -0.351. The molecular formula is C30H33ClF3NO4. The zero-order chi connectivity index (χ0) is 28.2. The first-order valence-electron chi connectivity index (χ1n) is 13.5. The van der Waals surface area contributed by atoms with Gasteiger partial charge in [-0.1, -0.05) is 41.9 Å². The van der Waals surface area contributed by atoms with Gasteiger partial charge in [0.1, 0.15) is 0 Å². The number of carbonyl (C=O) groups is 2. The Bertz CT molecular complexity index is 1250. The molecule has 2 aromatic carbocycles. The molecule has 3 aliphatic rings. The van der Waals surface area contributed by atoms with Gasteiger partial charge in [-0.2, -0.15) is 13.2 Å². The lowest BCUT2D eigenvalue weighted by atomic mass is 9.63. The summed E-state index contributed by atoms with van der Waals surface area (Å²) in [5, 5.41) is 20.3. The monoisotopic (exact) mass is 563 g/mol. The van der Waals surface area contributed by atoms with Gasteiger partial charge in [0.15, 0.2) is 5.60 Å². The van der Waals surface area contributed by atoms with E-state index in [1.807, 2.05) is 29.2 Å². The number of benzene rings is 2. The average molecular weight is 564 g/mol. The molecule has 0 spiro atoms. The molecule has 2 fully saturated rings. The van der Waals surface area contributed by atoms with Gasteiger partial charge in [-0.25, -0.2) is 0 Å². The highest BCUT2D eigenvalue weighted by Crippen LogP contribution is 2.51. The lowest BCUT2D eigenvalue weighted by Gasteiger charge is -2.45. The molecule has 1 heterocycles. The first-order valence-corrected chi connectivity index (χ1v) is 13.9. The second kappa shape index (κ2) is 10.1. The van der Waals surface area contributed by atoms with Crippen LogP contribution in [0.3, 0.4) is 0 Å². The van der Waals surface area contributed by atoms with Gasteiger partial charge in [-0.3, -0.25) is 9.59 Å². The maximum Gasteiger partial charge on any atom is 0.421 e. The predicted molar refractivity (Wildman–Crippen MR) is 140 cm³/mol. The van der Waals surface area contributed by atoms with Crippen molar-refractivity contribution in [3.8, 4) is 0 Å². The molecule has 1 amide bonds. The minimum Gasteiger partial charge on any atom is -0.481 e. The highest BCUT2D eigenvalue weighted by Gasteiger charge is 2.55. The average Bonchev–Trinajstić information content (AvgIpc) is 3.28. The van der Waals surface area contributed by atoms with E-state index in [9.17, 15) is 33.0 Å². The molecule has 0 radical (unpaired) electrons. The fraction of sp³-hybridized carbons (Fsp3) is 0.533. The highest BCUT2D eigenvalue weighted by atomic mass is 35.5. The van der Waals surface area contributed by atoms with Crippen molar-refractivity contribution in [3.63, 3.8) is 0 Å². The second-order valence-corrected chi connectivity index (χ2v) is 12.1. The molecule has 2 aliphatic carbocycles. The number of aryl methyl sites for hydroxylation is 1. The van der Waals surface area contributed by atoms with Crippen LogP contribution in [-0.4, -0.2) is 45.8 Å². The molecule has 39 heavy (non-hydrogen) atoms. The molecule has 0 bridgehead atoms. The van der Waals surface area contributed by atoms with Gasteiger partial charge in [0.05, 0.1) is 5.92 Å². The number of alkyl halides is 3. The van der Waals surface area contributed by atoms with Crippen LogP contribution in [0.25, 0.3) is 0 Å². The third-order valence-corrected chi connectivity index (χ3v) is 9.65.